The molecule has 1 atom stereocenters. The fourth-order valence-electron chi connectivity index (χ4n) is 1.68. The summed E-state index contributed by atoms with van der Waals surface area (Å²) in [5, 5.41) is 15.6. The van der Waals surface area contributed by atoms with E-state index in [4.69, 9.17) is 4.74 Å². The van der Waals surface area contributed by atoms with Gasteiger partial charge in [0.1, 0.15) is 23.8 Å². The Kier molecular flexibility index (Phi) is 5.69. The Balaban J connectivity index is 2.72. The zero-order valence-electron chi connectivity index (χ0n) is 12.8. The van der Waals surface area contributed by atoms with Crippen molar-refractivity contribution >= 4 is 12.1 Å². The summed E-state index contributed by atoms with van der Waals surface area (Å²) in [6.45, 7) is 7.76. The molecule has 0 aromatic carbocycles. The summed E-state index contributed by atoms with van der Waals surface area (Å²) in [6, 6.07) is -1.11. The van der Waals surface area contributed by atoms with Gasteiger partial charge in [-0.05, 0) is 27.2 Å². The van der Waals surface area contributed by atoms with Crippen molar-refractivity contribution in [3.63, 3.8) is 0 Å². The van der Waals surface area contributed by atoms with Gasteiger partial charge in [0, 0.05) is 13.0 Å². The van der Waals surface area contributed by atoms with E-state index >= 15 is 0 Å². The van der Waals surface area contributed by atoms with E-state index in [0.29, 0.717) is 12.4 Å². The molecule has 1 amide bonds. The van der Waals surface area contributed by atoms with Crippen LogP contribution in [0.5, 0.6) is 0 Å². The third-order valence-electron chi connectivity index (χ3n) is 2.51. The Labute approximate surface area is 123 Å². The second-order valence-corrected chi connectivity index (χ2v) is 5.64. The standard InChI is InChI=1S/C13H22N4O4/c1-5-6-17-10(14-8-15-17)7-9(11(18)19)16-12(20)21-13(2,3)4/h8-9H,5-7H2,1-4H3,(H,16,20)(H,18,19). The molecule has 0 spiro atoms. The smallest absolute Gasteiger partial charge is 0.408 e. The molecule has 1 aromatic rings. The van der Waals surface area contributed by atoms with Gasteiger partial charge in [-0.15, -0.1) is 0 Å². The van der Waals surface area contributed by atoms with Crippen molar-refractivity contribution in [3.05, 3.63) is 12.2 Å². The lowest BCUT2D eigenvalue weighted by Crippen LogP contribution is -2.45. The van der Waals surface area contributed by atoms with Gasteiger partial charge in [0.05, 0.1) is 0 Å². The van der Waals surface area contributed by atoms with Crippen LogP contribution in [0, 0.1) is 0 Å². The molecule has 118 valence electrons. The van der Waals surface area contributed by atoms with Crippen LogP contribution in [0.15, 0.2) is 6.33 Å². The minimum Gasteiger partial charge on any atom is -0.480 e. The highest BCUT2D eigenvalue weighted by molar-refractivity contribution is 5.80. The molecule has 1 heterocycles. The Hall–Kier alpha value is -2.12. The van der Waals surface area contributed by atoms with Crippen LogP contribution in [0.4, 0.5) is 4.79 Å². The van der Waals surface area contributed by atoms with E-state index in [9.17, 15) is 14.7 Å². The summed E-state index contributed by atoms with van der Waals surface area (Å²) in [5.41, 5.74) is -0.685. The third kappa shape index (κ3) is 5.80. The maximum atomic E-state index is 11.7. The molecule has 1 rings (SSSR count). The minimum absolute atomic E-state index is 0.0502. The van der Waals surface area contributed by atoms with Gasteiger partial charge in [0.2, 0.25) is 0 Å². The number of rotatable bonds is 6. The van der Waals surface area contributed by atoms with Crippen LogP contribution in [0.3, 0.4) is 0 Å². The third-order valence-corrected chi connectivity index (χ3v) is 2.51. The number of carboxylic acids is 1. The fourth-order valence-corrected chi connectivity index (χ4v) is 1.68. The number of amides is 1. The van der Waals surface area contributed by atoms with Gasteiger partial charge in [-0.1, -0.05) is 6.92 Å². The molecule has 0 saturated carbocycles. The van der Waals surface area contributed by atoms with E-state index in [2.05, 4.69) is 15.4 Å². The fraction of sp³-hybridized carbons (Fsp3) is 0.692. The maximum absolute atomic E-state index is 11.7. The van der Waals surface area contributed by atoms with Crippen LogP contribution in [-0.2, 0) is 22.5 Å². The first-order chi connectivity index (χ1) is 9.73. The number of nitrogens with one attached hydrogen (secondary N) is 1. The Morgan fingerprint density at radius 3 is 2.67 bits per heavy atom. The molecule has 8 heteroatoms. The Morgan fingerprint density at radius 2 is 2.14 bits per heavy atom. The highest BCUT2D eigenvalue weighted by atomic mass is 16.6. The first kappa shape index (κ1) is 16.9. The molecule has 0 radical (unpaired) electrons. The molecule has 0 aliphatic carbocycles. The number of hydrogen-bond acceptors (Lipinski definition) is 5. The first-order valence-corrected chi connectivity index (χ1v) is 6.82. The number of nitrogens with zero attached hydrogens (tertiary/aromatic N) is 3. The van der Waals surface area contributed by atoms with Crippen molar-refractivity contribution in [2.45, 2.75) is 58.7 Å². The molecule has 0 saturated heterocycles. The highest BCUT2D eigenvalue weighted by Gasteiger charge is 2.25. The number of carbonyl (C=O) groups is 2. The van der Waals surface area contributed by atoms with Crippen molar-refractivity contribution < 1.29 is 19.4 Å². The number of aliphatic carboxylic acids is 1. The molecule has 0 bridgehead atoms. The van der Waals surface area contributed by atoms with Crippen LogP contribution in [0.25, 0.3) is 0 Å². The van der Waals surface area contributed by atoms with Crippen molar-refractivity contribution in [3.8, 4) is 0 Å². The van der Waals surface area contributed by atoms with Gasteiger partial charge in [-0.3, -0.25) is 4.68 Å². The number of hydrogen-bond donors (Lipinski definition) is 2. The molecule has 1 unspecified atom stereocenters. The molecule has 1 aromatic heterocycles. The zero-order valence-corrected chi connectivity index (χ0v) is 12.8. The second-order valence-electron chi connectivity index (χ2n) is 5.64. The number of ether oxygens (including phenoxy) is 1. The monoisotopic (exact) mass is 298 g/mol. The van der Waals surface area contributed by atoms with Gasteiger partial charge in [0.15, 0.2) is 0 Å². The van der Waals surface area contributed by atoms with Crippen molar-refractivity contribution in [1.82, 2.24) is 20.1 Å². The van der Waals surface area contributed by atoms with E-state index in [1.165, 1.54) is 6.33 Å². The van der Waals surface area contributed by atoms with Crippen molar-refractivity contribution in [1.29, 1.82) is 0 Å². The van der Waals surface area contributed by atoms with Crippen molar-refractivity contribution in [2.24, 2.45) is 0 Å². The summed E-state index contributed by atoms with van der Waals surface area (Å²) in [6.07, 6.45) is 1.51. The van der Waals surface area contributed by atoms with E-state index in [0.717, 1.165) is 6.42 Å². The minimum atomic E-state index is -1.15. The number of aromatic nitrogens is 3. The predicted octanol–water partition coefficient (Wildman–Crippen LogP) is 1.21. The van der Waals surface area contributed by atoms with E-state index in [1.54, 1.807) is 25.5 Å². The zero-order chi connectivity index (χ0) is 16.0. The Morgan fingerprint density at radius 1 is 1.48 bits per heavy atom. The van der Waals surface area contributed by atoms with E-state index < -0.39 is 23.7 Å². The Bertz CT molecular complexity index is 493. The highest BCUT2D eigenvalue weighted by Crippen LogP contribution is 2.08. The molecule has 0 aliphatic heterocycles. The number of aryl methyl sites for hydroxylation is 1. The number of carboxylic acid groups (broad SMARTS) is 1. The van der Waals surface area contributed by atoms with Gasteiger partial charge in [0.25, 0.3) is 0 Å². The van der Waals surface area contributed by atoms with Crippen LogP contribution in [-0.4, -0.2) is 43.6 Å². The molecule has 0 fully saturated rings. The molecule has 8 nitrogen and oxygen atoms in total. The first-order valence-electron chi connectivity index (χ1n) is 6.82. The summed E-state index contributed by atoms with van der Waals surface area (Å²) in [4.78, 5) is 27.0. The van der Waals surface area contributed by atoms with Gasteiger partial charge >= 0.3 is 12.1 Å². The van der Waals surface area contributed by atoms with Crippen molar-refractivity contribution in [2.75, 3.05) is 0 Å². The van der Waals surface area contributed by atoms with Gasteiger partial charge < -0.3 is 15.2 Å². The summed E-state index contributed by atoms with van der Waals surface area (Å²) >= 11 is 0. The second kappa shape index (κ2) is 7.05. The van der Waals surface area contributed by atoms with Crippen LogP contribution >= 0.6 is 0 Å². The van der Waals surface area contributed by atoms with E-state index in [1.807, 2.05) is 6.92 Å². The van der Waals surface area contributed by atoms with E-state index in [-0.39, 0.29) is 6.42 Å². The summed E-state index contributed by atoms with van der Waals surface area (Å²) < 4.78 is 6.69. The van der Waals surface area contributed by atoms with Crippen LogP contribution in [0.1, 0.15) is 39.9 Å². The lowest BCUT2D eigenvalue weighted by molar-refractivity contribution is -0.139. The summed E-state index contributed by atoms with van der Waals surface area (Å²) in [7, 11) is 0. The molecular weight excluding hydrogens is 276 g/mol. The molecule has 0 aliphatic rings. The van der Waals surface area contributed by atoms with Gasteiger partial charge in [-0.25, -0.2) is 14.6 Å². The molecular formula is C13H22N4O4. The largest absolute Gasteiger partial charge is 0.480 e. The lowest BCUT2D eigenvalue weighted by Gasteiger charge is -2.21. The van der Waals surface area contributed by atoms with Crippen LogP contribution < -0.4 is 5.32 Å². The molecule has 2 N–H and O–H groups in total. The quantitative estimate of drug-likeness (QED) is 0.817. The average Bonchev–Trinajstić information content (AvgIpc) is 2.73. The summed E-state index contributed by atoms with van der Waals surface area (Å²) in [5.74, 6) is -0.632. The predicted molar refractivity (Wildman–Crippen MR) is 74.8 cm³/mol. The lowest BCUT2D eigenvalue weighted by atomic mass is 10.2. The van der Waals surface area contributed by atoms with Crippen LogP contribution in [0.2, 0.25) is 0 Å². The SMILES string of the molecule is CCCn1ncnc1CC(NC(=O)OC(C)(C)C)C(=O)O. The number of carbonyl (C=O) groups excluding carboxylic acids is 1. The topological polar surface area (TPSA) is 106 Å². The maximum Gasteiger partial charge on any atom is 0.408 e. The number of alkyl carbamates (subject to hydrolysis) is 1. The average molecular weight is 298 g/mol. The van der Waals surface area contributed by atoms with Gasteiger partial charge in [-0.2, -0.15) is 5.10 Å². The normalized spacial score (nSPS) is 12.8. The molecule has 21 heavy (non-hydrogen) atoms.